The summed E-state index contributed by atoms with van der Waals surface area (Å²) in [6.45, 7) is 3.22. The lowest BCUT2D eigenvalue weighted by Crippen LogP contribution is -2.14. The molecule has 0 bridgehead atoms. The zero-order valence-electron chi connectivity index (χ0n) is 16.5. The Morgan fingerprint density at radius 2 is 2.00 bits per heavy atom. The molecule has 0 aliphatic carbocycles. The van der Waals surface area contributed by atoms with Crippen molar-refractivity contribution in [3.05, 3.63) is 53.2 Å². The van der Waals surface area contributed by atoms with Crippen molar-refractivity contribution >= 4 is 39.1 Å². The molecule has 0 unspecified atom stereocenters. The Bertz CT molecular complexity index is 1190. The molecule has 0 saturated heterocycles. The van der Waals surface area contributed by atoms with Gasteiger partial charge in [0.2, 0.25) is 11.8 Å². The van der Waals surface area contributed by atoms with E-state index >= 15 is 0 Å². The summed E-state index contributed by atoms with van der Waals surface area (Å²) in [7, 11) is -2.63. The van der Waals surface area contributed by atoms with Gasteiger partial charge in [0, 0.05) is 11.9 Å². The molecule has 0 radical (unpaired) electrons. The van der Waals surface area contributed by atoms with Crippen molar-refractivity contribution < 1.29 is 22.5 Å². The average Bonchev–Trinajstić information content (AvgIpc) is 3.09. The number of sulfonamides is 1. The highest BCUT2D eigenvalue weighted by Gasteiger charge is 2.24. The van der Waals surface area contributed by atoms with Crippen LogP contribution in [-0.4, -0.2) is 26.6 Å². The lowest BCUT2D eigenvalue weighted by molar-refractivity contribution is -0.114. The summed E-state index contributed by atoms with van der Waals surface area (Å²) in [5, 5.41) is 6.95. The number of halogens is 1. The molecule has 0 aliphatic heterocycles. The predicted octanol–water partition coefficient (Wildman–Crippen LogP) is 4.33. The van der Waals surface area contributed by atoms with Crippen LogP contribution in [0.4, 0.5) is 11.6 Å². The van der Waals surface area contributed by atoms with Crippen molar-refractivity contribution in [3.8, 4) is 16.9 Å². The zero-order valence-corrected chi connectivity index (χ0v) is 18.1. The number of aryl methyl sites for hydroxylation is 1. The van der Waals surface area contributed by atoms with Gasteiger partial charge in [-0.25, -0.2) is 8.42 Å². The monoisotopic (exact) mass is 449 g/mol. The molecule has 2 N–H and O–H groups in total. The van der Waals surface area contributed by atoms with E-state index in [0.717, 1.165) is 0 Å². The topological polar surface area (TPSA) is 111 Å². The van der Waals surface area contributed by atoms with Crippen molar-refractivity contribution in [1.82, 2.24) is 5.16 Å². The maximum Gasteiger partial charge on any atom is 0.265 e. The molecular formula is C20H20ClN3O5S. The Hall–Kier alpha value is -3.04. The Balaban J connectivity index is 2.11. The van der Waals surface area contributed by atoms with Crippen LogP contribution in [0.5, 0.6) is 5.75 Å². The minimum atomic E-state index is -4.01. The largest absolute Gasteiger partial charge is 0.495 e. The van der Waals surface area contributed by atoms with Gasteiger partial charge < -0.3 is 9.26 Å². The van der Waals surface area contributed by atoms with Gasteiger partial charge in [-0.15, -0.1) is 0 Å². The number of carbonyl (C=O) groups excluding carboxylic acids is 1. The maximum atomic E-state index is 13.1. The van der Waals surface area contributed by atoms with Gasteiger partial charge in [-0.05, 0) is 42.3 Å². The predicted molar refractivity (Wildman–Crippen MR) is 114 cm³/mol. The first-order valence-corrected chi connectivity index (χ1v) is 10.8. The quantitative estimate of drug-likeness (QED) is 0.555. The summed E-state index contributed by atoms with van der Waals surface area (Å²) >= 11 is 5.95. The van der Waals surface area contributed by atoms with E-state index in [1.807, 2.05) is 6.92 Å². The molecule has 30 heavy (non-hydrogen) atoms. The number of benzene rings is 2. The number of nitrogens with one attached hydrogen (secondary N) is 2. The van der Waals surface area contributed by atoms with Gasteiger partial charge in [0.25, 0.3) is 10.0 Å². The number of aromatic nitrogens is 1. The smallest absolute Gasteiger partial charge is 0.265 e. The number of nitrogens with zero attached hydrogens (tertiary/aromatic N) is 1. The SMILES string of the molecule is CCc1noc(NC(C)=O)c1-c1ccc(OC)c(S(=O)(=O)Nc2cccc(Cl)c2)c1. The lowest BCUT2D eigenvalue weighted by Gasteiger charge is -2.14. The number of hydrogen-bond acceptors (Lipinski definition) is 6. The molecule has 3 aromatic rings. The standard InChI is InChI=1S/C20H20ClN3O5S/c1-4-16-19(20(29-23-16)22-12(2)25)13-8-9-17(28-3)18(10-13)30(26,27)24-15-7-5-6-14(21)11-15/h5-11,24H,4H2,1-3H3,(H,22,25). The number of rotatable bonds is 7. The first kappa shape index (κ1) is 21.7. The molecule has 2 aromatic carbocycles. The van der Waals surface area contributed by atoms with E-state index < -0.39 is 10.0 Å². The van der Waals surface area contributed by atoms with Crippen LogP contribution in [-0.2, 0) is 21.2 Å². The van der Waals surface area contributed by atoms with E-state index in [0.29, 0.717) is 34.0 Å². The second kappa shape index (κ2) is 8.76. The van der Waals surface area contributed by atoms with Gasteiger partial charge in [-0.1, -0.05) is 35.8 Å². The molecule has 0 spiro atoms. The summed E-state index contributed by atoms with van der Waals surface area (Å²) in [5.74, 6) is -0.0291. The zero-order chi connectivity index (χ0) is 21.9. The third kappa shape index (κ3) is 4.58. The summed E-state index contributed by atoms with van der Waals surface area (Å²) in [6, 6.07) is 11.0. The fourth-order valence-electron chi connectivity index (χ4n) is 2.91. The van der Waals surface area contributed by atoms with Gasteiger partial charge in [0.05, 0.1) is 24.1 Å². The number of amides is 1. The molecule has 158 valence electrons. The fourth-order valence-corrected chi connectivity index (χ4v) is 4.35. The summed E-state index contributed by atoms with van der Waals surface area (Å²) in [5.41, 5.74) is 1.90. The highest BCUT2D eigenvalue weighted by molar-refractivity contribution is 7.92. The van der Waals surface area contributed by atoms with E-state index in [-0.39, 0.29) is 22.4 Å². The number of carbonyl (C=O) groups is 1. The lowest BCUT2D eigenvalue weighted by atomic mass is 10.0. The van der Waals surface area contributed by atoms with Gasteiger partial charge in [-0.2, -0.15) is 0 Å². The van der Waals surface area contributed by atoms with E-state index in [4.69, 9.17) is 20.9 Å². The Morgan fingerprint density at radius 1 is 1.23 bits per heavy atom. The third-order valence-corrected chi connectivity index (χ3v) is 5.84. The molecule has 1 amide bonds. The average molecular weight is 450 g/mol. The molecule has 10 heteroatoms. The van der Waals surface area contributed by atoms with Crippen LogP contribution in [0, 0.1) is 0 Å². The van der Waals surface area contributed by atoms with E-state index in [1.165, 1.54) is 32.2 Å². The minimum absolute atomic E-state index is 0.0838. The van der Waals surface area contributed by atoms with E-state index in [2.05, 4.69) is 15.2 Å². The molecule has 0 saturated carbocycles. The van der Waals surface area contributed by atoms with Gasteiger partial charge >= 0.3 is 0 Å². The van der Waals surface area contributed by atoms with Crippen LogP contribution in [0.1, 0.15) is 19.5 Å². The van der Waals surface area contributed by atoms with Crippen LogP contribution in [0.3, 0.4) is 0 Å². The third-order valence-electron chi connectivity index (χ3n) is 4.21. The summed E-state index contributed by atoms with van der Waals surface area (Å²) in [6.07, 6.45) is 0.521. The van der Waals surface area contributed by atoms with Gasteiger partial charge in [0.1, 0.15) is 10.6 Å². The Labute approximate surface area is 179 Å². The van der Waals surface area contributed by atoms with E-state index in [1.54, 1.807) is 24.3 Å². The molecule has 0 aliphatic rings. The highest BCUT2D eigenvalue weighted by Crippen LogP contribution is 2.37. The molecule has 0 fully saturated rings. The molecule has 8 nitrogen and oxygen atoms in total. The Kier molecular flexibility index (Phi) is 6.33. The first-order chi connectivity index (χ1) is 14.2. The summed E-state index contributed by atoms with van der Waals surface area (Å²) < 4.78 is 39.2. The normalized spacial score (nSPS) is 11.2. The molecule has 1 heterocycles. The van der Waals surface area contributed by atoms with Gasteiger partial charge in [0.15, 0.2) is 0 Å². The number of anilines is 2. The van der Waals surface area contributed by atoms with Crippen molar-refractivity contribution in [2.75, 3.05) is 17.1 Å². The minimum Gasteiger partial charge on any atom is -0.495 e. The second-order valence-corrected chi connectivity index (χ2v) is 8.44. The molecule has 3 rings (SSSR count). The fraction of sp³-hybridized carbons (Fsp3) is 0.200. The number of methoxy groups -OCH3 is 1. The maximum absolute atomic E-state index is 13.1. The van der Waals surface area contributed by atoms with Crippen LogP contribution in [0.15, 0.2) is 51.9 Å². The molecule has 0 atom stereocenters. The Morgan fingerprint density at radius 3 is 2.63 bits per heavy atom. The van der Waals surface area contributed by atoms with Crippen LogP contribution in [0.2, 0.25) is 5.02 Å². The highest BCUT2D eigenvalue weighted by atomic mass is 35.5. The van der Waals surface area contributed by atoms with Crippen LogP contribution in [0.25, 0.3) is 11.1 Å². The van der Waals surface area contributed by atoms with Crippen LogP contribution < -0.4 is 14.8 Å². The van der Waals surface area contributed by atoms with Crippen molar-refractivity contribution in [2.24, 2.45) is 0 Å². The van der Waals surface area contributed by atoms with Gasteiger partial charge in [-0.3, -0.25) is 14.8 Å². The molecule has 1 aromatic heterocycles. The van der Waals surface area contributed by atoms with Crippen LogP contribution >= 0.6 is 11.6 Å². The first-order valence-electron chi connectivity index (χ1n) is 8.98. The second-order valence-electron chi connectivity index (χ2n) is 6.35. The summed E-state index contributed by atoms with van der Waals surface area (Å²) in [4.78, 5) is 11.4. The van der Waals surface area contributed by atoms with Crippen molar-refractivity contribution in [1.29, 1.82) is 0 Å². The molecular weight excluding hydrogens is 430 g/mol. The number of ether oxygens (including phenoxy) is 1. The van der Waals surface area contributed by atoms with E-state index in [9.17, 15) is 13.2 Å². The van der Waals surface area contributed by atoms with Crippen molar-refractivity contribution in [2.45, 2.75) is 25.2 Å². The van der Waals surface area contributed by atoms with Crippen molar-refractivity contribution in [3.63, 3.8) is 0 Å². The number of hydrogen-bond donors (Lipinski definition) is 2.